The third-order valence-electron chi connectivity index (χ3n) is 3.25. The first-order valence-electron chi connectivity index (χ1n) is 6.71. The summed E-state index contributed by atoms with van der Waals surface area (Å²) in [5.74, 6) is -0.458. The van der Waals surface area contributed by atoms with E-state index in [1.807, 2.05) is 0 Å². The lowest BCUT2D eigenvalue weighted by Gasteiger charge is -2.12. The lowest BCUT2D eigenvalue weighted by molar-refractivity contribution is -0.113. The van der Waals surface area contributed by atoms with Crippen LogP contribution < -0.4 is 4.90 Å². The molecule has 2 amide bonds. The Morgan fingerprint density at radius 3 is 2.35 bits per heavy atom. The molecule has 1 aliphatic rings. The predicted octanol–water partition coefficient (Wildman–Crippen LogP) is 3.45. The maximum atomic E-state index is 12.4. The highest BCUT2D eigenvalue weighted by atomic mass is 32.2. The number of imide groups is 1. The van der Waals surface area contributed by atoms with Crippen molar-refractivity contribution in [1.82, 2.24) is 0 Å². The van der Waals surface area contributed by atoms with Crippen molar-refractivity contribution >= 4 is 41.0 Å². The molecule has 2 aromatic rings. The number of hydrogen-bond acceptors (Lipinski definition) is 5. The second-order valence-corrected chi connectivity index (χ2v) is 5.81. The first-order chi connectivity index (χ1) is 11.1. The second kappa shape index (κ2) is 6.10. The van der Waals surface area contributed by atoms with E-state index in [0.29, 0.717) is 11.3 Å². The van der Waals surface area contributed by atoms with Gasteiger partial charge in [-0.3, -0.25) is 14.4 Å². The van der Waals surface area contributed by atoms with Crippen LogP contribution in [0.2, 0.25) is 0 Å². The van der Waals surface area contributed by atoms with Gasteiger partial charge in [-0.1, -0.05) is 30.3 Å². The zero-order chi connectivity index (χ0) is 16.4. The summed E-state index contributed by atoms with van der Waals surface area (Å²) in [4.78, 5) is 36.5. The third-order valence-corrected chi connectivity index (χ3v) is 4.12. The number of hydrogen-bond donors (Lipinski definition) is 1. The lowest BCUT2D eigenvalue weighted by Crippen LogP contribution is -2.27. The first-order valence-corrected chi connectivity index (χ1v) is 7.52. The zero-order valence-corrected chi connectivity index (χ0v) is 12.6. The molecule has 0 radical (unpaired) electrons. The van der Waals surface area contributed by atoms with E-state index in [4.69, 9.17) is 0 Å². The fraction of sp³-hybridized carbons (Fsp3) is 0. The smallest absolute Gasteiger partial charge is 0.298 e. The van der Waals surface area contributed by atoms with Gasteiger partial charge in [0.25, 0.3) is 11.1 Å². The van der Waals surface area contributed by atoms with Crippen LogP contribution in [-0.2, 0) is 4.79 Å². The van der Waals surface area contributed by atoms with E-state index in [1.165, 1.54) is 12.1 Å². The Morgan fingerprint density at radius 1 is 1.00 bits per heavy atom. The summed E-state index contributed by atoms with van der Waals surface area (Å²) >= 11 is 0.835. The first kappa shape index (κ1) is 15.1. The Balaban J connectivity index is 1.91. The fourth-order valence-electron chi connectivity index (χ4n) is 2.14. The van der Waals surface area contributed by atoms with Gasteiger partial charge in [0.15, 0.2) is 0 Å². The summed E-state index contributed by atoms with van der Waals surface area (Å²) in [5.41, 5.74) is 1.58. The van der Waals surface area contributed by atoms with Gasteiger partial charge in [-0.05, 0) is 35.5 Å². The number of anilines is 1. The Labute approximate surface area is 136 Å². The number of thioether (sulfide) groups is 1. The molecule has 6 heteroatoms. The molecule has 0 aromatic heterocycles. The van der Waals surface area contributed by atoms with Crippen LogP contribution in [0.4, 0.5) is 10.5 Å². The quantitative estimate of drug-likeness (QED) is 0.691. The van der Waals surface area contributed by atoms with Crippen molar-refractivity contribution in [3.8, 4) is 5.75 Å². The van der Waals surface area contributed by atoms with Crippen molar-refractivity contribution in [1.29, 1.82) is 0 Å². The Bertz CT molecular complexity index is 827. The van der Waals surface area contributed by atoms with Gasteiger partial charge in [-0.25, -0.2) is 4.90 Å². The highest BCUT2D eigenvalue weighted by Crippen LogP contribution is 2.36. The van der Waals surface area contributed by atoms with Crippen LogP contribution in [0.1, 0.15) is 15.9 Å². The van der Waals surface area contributed by atoms with E-state index in [1.54, 1.807) is 42.5 Å². The number of carbonyl (C=O) groups excluding carboxylic acids is 3. The fourth-order valence-corrected chi connectivity index (χ4v) is 2.99. The topological polar surface area (TPSA) is 74.7 Å². The molecular weight excluding hydrogens is 314 g/mol. The molecule has 0 aliphatic carbocycles. The monoisotopic (exact) mass is 325 g/mol. The molecule has 0 atom stereocenters. The van der Waals surface area contributed by atoms with Gasteiger partial charge in [-0.15, -0.1) is 0 Å². The van der Waals surface area contributed by atoms with Gasteiger partial charge in [0.2, 0.25) is 0 Å². The van der Waals surface area contributed by atoms with Crippen LogP contribution in [0.3, 0.4) is 0 Å². The third kappa shape index (κ3) is 3.02. The number of amides is 2. The number of nitrogens with zero attached hydrogens (tertiary/aromatic N) is 1. The van der Waals surface area contributed by atoms with E-state index in [2.05, 4.69) is 0 Å². The van der Waals surface area contributed by atoms with E-state index in [-0.39, 0.29) is 10.7 Å². The van der Waals surface area contributed by atoms with Crippen molar-refractivity contribution in [2.75, 3.05) is 4.90 Å². The van der Waals surface area contributed by atoms with Crippen LogP contribution in [0.15, 0.2) is 53.4 Å². The Kier molecular flexibility index (Phi) is 3.99. The number of aromatic hydroxyl groups is 1. The molecule has 0 saturated carbocycles. The largest absolute Gasteiger partial charge is 0.508 e. The molecule has 3 rings (SSSR count). The number of benzene rings is 2. The highest BCUT2D eigenvalue weighted by molar-refractivity contribution is 8.19. The Morgan fingerprint density at radius 2 is 1.70 bits per heavy atom. The average Bonchev–Trinajstić information content (AvgIpc) is 2.82. The van der Waals surface area contributed by atoms with Gasteiger partial charge >= 0.3 is 0 Å². The van der Waals surface area contributed by atoms with Gasteiger partial charge in [0.1, 0.15) is 12.0 Å². The molecule has 0 bridgehead atoms. The summed E-state index contributed by atoms with van der Waals surface area (Å²) < 4.78 is 0. The van der Waals surface area contributed by atoms with Crippen molar-refractivity contribution in [3.05, 3.63) is 64.6 Å². The van der Waals surface area contributed by atoms with E-state index >= 15 is 0 Å². The number of phenolic OH excluding ortho intramolecular Hbond substituents is 1. The predicted molar refractivity (Wildman–Crippen MR) is 88.4 cm³/mol. The molecule has 1 aliphatic heterocycles. The molecule has 1 saturated heterocycles. The zero-order valence-electron chi connectivity index (χ0n) is 11.8. The summed E-state index contributed by atoms with van der Waals surface area (Å²) in [5, 5.41) is 9.08. The molecule has 23 heavy (non-hydrogen) atoms. The molecule has 5 nitrogen and oxygen atoms in total. The lowest BCUT2D eigenvalue weighted by atomic mass is 10.1. The normalized spacial score (nSPS) is 16.2. The van der Waals surface area contributed by atoms with Crippen LogP contribution >= 0.6 is 11.8 Å². The minimum Gasteiger partial charge on any atom is -0.508 e. The molecule has 114 valence electrons. The summed E-state index contributed by atoms with van der Waals surface area (Å²) in [6, 6.07) is 12.6. The van der Waals surface area contributed by atoms with Crippen molar-refractivity contribution < 1.29 is 19.5 Å². The van der Waals surface area contributed by atoms with Gasteiger partial charge < -0.3 is 5.11 Å². The molecule has 0 unspecified atom stereocenters. The second-order valence-electron chi connectivity index (χ2n) is 4.82. The van der Waals surface area contributed by atoms with E-state index < -0.39 is 11.1 Å². The molecule has 2 aromatic carbocycles. The number of rotatable bonds is 3. The Hall–Kier alpha value is -2.86. The molecule has 1 N–H and O–H groups in total. The van der Waals surface area contributed by atoms with Crippen LogP contribution in [0.5, 0.6) is 5.75 Å². The summed E-state index contributed by atoms with van der Waals surface area (Å²) in [6.45, 7) is 0. The standard InChI is InChI=1S/C17H11NO4S/c19-10-12-6-4-11(5-7-12)8-15-16(21)18(17(22)23-15)13-2-1-3-14(20)9-13/h1-10,20H. The van der Waals surface area contributed by atoms with E-state index in [0.717, 1.165) is 28.5 Å². The number of phenols is 1. The SMILES string of the molecule is O=Cc1ccc(C=C2SC(=O)N(c3cccc(O)c3)C2=O)cc1. The summed E-state index contributed by atoms with van der Waals surface area (Å²) in [7, 11) is 0. The maximum absolute atomic E-state index is 12.4. The maximum Gasteiger partial charge on any atom is 0.298 e. The molecular formula is C17H11NO4S. The van der Waals surface area contributed by atoms with Gasteiger partial charge in [-0.2, -0.15) is 0 Å². The average molecular weight is 325 g/mol. The highest BCUT2D eigenvalue weighted by Gasteiger charge is 2.36. The van der Waals surface area contributed by atoms with Crippen LogP contribution in [0, 0.1) is 0 Å². The minimum absolute atomic E-state index is 0.0185. The van der Waals surface area contributed by atoms with Crippen molar-refractivity contribution in [2.24, 2.45) is 0 Å². The minimum atomic E-state index is -0.440. The number of aldehydes is 1. The van der Waals surface area contributed by atoms with E-state index in [9.17, 15) is 19.5 Å². The molecule has 0 spiro atoms. The van der Waals surface area contributed by atoms with Crippen molar-refractivity contribution in [2.45, 2.75) is 0 Å². The van der Waals surface area contributed by atoms with Gasteiger partial charge in [0, 0.05) is 11.6 Å². The van der Waals surface area contributed by atoms with Crippen LogP contribution in [-0.4, -0.2) is 22.5 Å². The molecule has 1 fully saturated rings. The van der Waals surface area contributed by atoms with Crippen LogP contribution in [0.25, 0.3) is 6.08 Å². The van der Waals surface area contributed by atoms with Crippen molar-refractivity contribution in [3.63, 3.8) is 0 Å². The molecule has 1 heterocycles. The van der Waals surface area contributed by atoms with Gasteiger partial charge in [0.05, 0.1) is 10.6 Å². The summed E-state index contributed by atoms with van der Waals surface area (Å²) in [6.07, 6.45) is 2.34. The number of carbonyl (C=O) groups is 3.